The van der Waals surface area contributed by atoms with E-state index < -0.39 is 11.4 Å². The van der Waals surface area contributed by atoms with Crippen molar-refractivity contribution in [2.75, 3.05) is 7.11 Å². The minimum Gasteiger partial charge on any atom is -0.464 e. The van der Waals surface area contributed by atoms with E-state index in [1.54, 1.807) is 13.2 Å². The van der Waals surface area contributed by atoms with Crippen LogP contribution in [-0.4, -0.2) is 29.1 Å². The highest BCUT2D eigenvalue weighted by Crippen LogP contribution is 2.47. The number of nitrogens with zero attached hydrogens (tertiary/aromatic N) is 2. The molecule has 1 aliphatic carbocycles. The summed E-state index contributed by atoms with van der Waals surface area (Å²) in [6, 6.07) is 0. The number of carbonyl (C=O) groups excluding carboxylic acids is 2. The number of aromatic nitrogens is 2. The Bertz CT molecular complexity index is 418. The summed E-state index contributed by atoms with van der Waals surface area (Å²) in [5.41, 5.74) is 0.453. The normalized spacial score (nSPS) is 17.2. The van der Waals surface area contributed by atoms with E-state index in [0.717, 1.165) is 19.1 Å². The van der Waals surface area contributed by atoms with E-state index in [9.17, 15) is 9.59 Å². The summed E-state index contributed by atoms with van der Waals surface area (Å²) in [5.74, 6) is -0.487. The second-order valence-corrected chi connectivity index (χ2v) is 3.83. The predicted octanol–water partition coefficient (Wildman–Crippen LogP) is 0.437. The Morgan fingerprint density at radius 3 is 2.80 bits per heavy atom. The first kappa shape index (κ1) is 9.89. The van der Waals surface area contributed by atoms with Crippen LogP contribution < -0.4 is 0 Å². The summed E-state index contributed by atoms with van der Waals surface area (Å²) >= 11 is 0. The largest absolute Gasteiger partial charge is 0.464 e. The lowest BCUT2D eigenvalue weighted by Gasteiger charge is -2.04. The van der Waals surface area contributed by atoms with Crippen LogP contribution in [0.1, 0.15) is 28.9 Å². The van der Waals surface area contributed by atoms with Gasteiger partial charge in [-0.15, -0.1) is 0 Å². The molecule has 1 aromatic heterocycles. The molecule has 0 atom stereocenters. The highest BCUT2D eigenvalue weighted by molar-refractivity contribution is 5.91. The number of carbonyl (C=O) groups is 2. The monoisotopic (exact) mass is 208 g/mol. The Labute approximate surface area is 87.0 Å². The van der Waals surface area contributed by atoms with Crippen molar-refractivity contribution in [3.05, 3.63) is 17.5 Å². The van der Waals surface area contributed by atoms with Crippen molar-refractivity contribution < 1.29 is 14.3 Å². The van der Waals surface area contributed by atoms with Gasteiger partial charge < -0.3 is 9.53 Å². The minimum absolute atomic E-state index is 0.254. The molecule has 0 N–H and O–H groups in total. The zero-order valence-electron chi connectivity index (χ0n) is 8.69. The summed E-state index contributed by atoms with van der Waals surface area (Å²) in [4.78, 5) is 22.4. The van der Waals surface area contributed by atoms with Gasteiger partial charge in [0, 0.05) is 18.8 Å². The van der Waals surface area contributed by atoms with Crippen LogP contribution in [0.4, 0.5) is 0 Å². The molecule has 0 unspecified atom stereocenters. The predicted molar refractivity (Wildman–Crippen MR) is 51.5 cm³/mol. The van der Waals surface area contributed by atoms with Crippen LogP contribution >= 0.6 is 0 Å². The highest BCUT2D eigenvalue weighted by atomic mass is 16.5. The average Bonchev–Trinajstić information content (AvgIpc) is 2.95. The Balaban J connectivity index is 2.47. The number of esters is 1. The lowest BCUT2D eigenvalue weighted by atomic mass is 9.98. The van der Waals surface area contributed by atoms with Crippen molar-refractivity contribution in [1.29, 1.82) is 0 Å². The van der Waals surface area contributed by atoms with Gasteiger partial charge >= 0.3 is 5.97 Å². The molecule has 5 heteroatoms. The summed E-state index contributed by atoms with van der Waals surface area (Å²) in [7, 11) is 3.03. The summed E-state index contributed by atoms with van der Waals surface area (Å²) in [6.45, 7) is 0. The standard InChI is InChI=1S/C10H12N2O3/c1-12-5-7(10(6-13)3-4-10)8(11-12)9(14)15-2/h5-6H,3-4H2,1-2H3. The van der Waals surface area contributed by atoms with Gasteiger partial charge in [-0.2, -0.15) is 5.10 Å². The Morgan fingerprint density at radius 1 is 1.67 bits per heavy atom. The van der Waals surface area contributed by atoms with E-state index in [1.165, 1.54) is 11.8 Å². The number of aldehydes is 1. The van der Waals surface area contributed by atoms with Crippen LogP contribution in [0.3, 0.4) is 0 Å². The van der Waals surface area contributed by atoms with Gasteiger partial charge in [0.15, 0.2) is 5.69 Å². The number of hydrogen-bond acceptors (Lipinski definition) is 4. The molecule has 0 radical (unpaired) electrons. The van der Waals surface area contributed by atoms with E-state index >= 15 is 0 Å². The molecule has 1 saturated carbocycles. The fourth-order valence-electron chi connectivity index (χ4n) is 1.69. The number of aryl methyl sites for hydroxylation is 1. The third kappa shape index (κ3) is 1.44. The maximum absolute atomic E-state index is 11.4. The fourth-order valence-corrected chi connectivity index (χ4v) is 1.69. The quantitative estimate of drug-likeness (QED) is 0.534. The van der Waals surface area contributed by atoms with E-state index in [1.807, 2.05) is 0 Å². The van der Waals surface area contributed by atoms with Crippen molar-refractivity contribution in [2.24, 2.45) is 7.05 Å². The van der Waals surface area contributed by atoms with Crippen LogP contribution in [0.2, 0.25) is 0 Å². The smallest absolute Gasteiger partial charge is 0.358 e. The zero-order valence-corrected chi connectivity index (χ0v) is 8.69. The minimum atomic E-state index is -0.488. The topological polar surface area (TPSA) is 61.2 Å². The van der Waals surface area contributed by atoms with Gasteiger partial charge in [0.2, 0.25) is 0 Å². The molecule has 80 valence electrons. The lowest BCUT2D eigenvalue weighted by molar-refractivity contribution is -0.109. The molecule has 0 amide bonds. The van der Waals surface area contributed by atoms with E-state index in [4.69, 9.17) is 0 Å². The first-order valence-electron chi connectivity index (χ1n) is 4.72. The van der Waals surface area contributed by atoms with Gasteiger partial charge in [-0.1, -0.05) is 0 Å². The number of rotatable bonds is 3. The van der Waals surface area contributed by atoms with E-state index in [2.05, 4.69) is 9.84 Å². The van der Waals surface area contributed by atoms with Crippen LogP contribution in [-0.2, 0) is 22.0 Å². The second kappa shape index (κ2) is 3.18. The zero-order chi connectivity index (χ0) is 11.1. The van der Waals surface area contributed by atoms with Gasteiger partial charge in [0.05, 0.1) is 12.5 Å². The lowest BCUT2D eigenvalue weighted by Crippen LogP contribution is -2.14. The van der Waals surface area contributed by atoms with Gasteiger partial charge in [-0.25, -0.2) is 4.79 Å². The first-order valence-corrected chi connectivity index (χ1v) is 4.72. The van der Waals surface area contributed by atoms with Gasteiger partial charge in [-0.3, -0.25) is 4.68 Å². The average molecular weight is 208 g/mol. The molecule has 0 spiro atoms. The van der Waals surface area contributed by atoms with E-state index in [0.29, 0.717) is 5.56 Å². The Kier molecular flexibility index (Phi) is 2.10. The SMILES string of the molecule is COC(=O)c1nn(C)cc1C1(C=O)CC1. The highest BCUT2D eigenvalue weighted by Gasteiger charge is 2.48. The molecule has 5 nitrogen and oxygen atoms in total. The molecule has 1 aromatic rings. The first-order chi connectivity index (χ1) is 7.13. The molecular formula is C10H12N2O3. The van der Waals surface area contributed by atoms with Gasteiger partial charge in [0.25, 0.3) is 0 Å². The van der Waals surface area contributed by atoms with Crippen LogP contribution in [0, 0.1) is 0 Å². The molecule has 0 bridgehead atoms. The maximum atomic E-state index is 11.4. The third-order valence-corrected chi connectivity index (χ3v) is 2.76. The van der Waals surface area contributed by atoms with Crippen LogP contribution in [0.5, 0.6) is 0 Å². The molecule has 15 heavy (non-hydrogen) atoms. The number of hydrogen-bond donors (Lipinski definition) is 0. The van der Waals surface area contributed by atoms with Gasteiger partial charge in [0.1, 0.15) is 6.29 Å². The molecule has 1 aliphatic rings. The molecule has 0 aliphatic heterocycles. The molecule has 1 fully saturated rings. The number of methoxy groups -OCH3 is 1. The number of ether oxygens (including phenoxy) is 1. The molecule has 0 saturated heterocycles. The van der Waals surface area contributed by atoms with Crippen molar-refractivity contribution >= 4 is 12.3 Å². The van der Waals surface area contributed by atoms with E-state index in [-0.39, 0.29) is 5.69 Å². The van der Waals surface area contributed by atoms with Gasteiger partial charge in [-0.05, 0) is 12.8 Å². The summed E-state index contributed by atoms with van der Waals surface area (Å²) in [6.07, 6.45) is 4.18. The second-order valence-electron chi connectivity index (χ2n) is 3.83. The molecular weight excluding hydrogens is 196 g/mol. The molecule has 0 aromatic carbocycles. The van der Waals surface area contributed by atoms with Crippen LogP contribution in [0.15, 0.2) is 6.20 Å². The fraction of sp³-hybridized carbons (Fsp3) is 0.500. The summed E-state index contributed by atoms with van der Waals surface area (Å²) in [5, 5.41) is 4.02. The van der Waals surface area contributed by atoms with Crippen molar-refractivity contribution in [3.63, 3.8) is 0 Å². The maximum Gasteiger partial charge on any atom is 0.358 e. The third-order valence-electron chi connectivity index (χ3n) is 2.76. The van der Waals surface area contributed by atoms with Crippen LogP contribution in [0.25, 0.3) is 0 Å². The van der Waals surface area contributed by atoms with Crippen molar-refractivity contribution in [3.8, 4) is 0 Å². The Morgan fingerprint density at radius 2 is 2.33 bits per heavy atom. The molecule has 2 rings (SSSR count). The van der Waals surface area contributed by atoms with Crippen molar-refractivity contribution in [1.82, 2.24) is 9.78 Å². The van der Waals surface area contributed by atoms with Crippen molar-refractivity contribution in [2.45, 2.75) is 18.3 Å². The Hall–Kier alpha value is -1.65. The summed E-state index contributed by atoms with van der Waals surface area (Å²) < 4.78 is 6.16. The molecule has 1 heterocycles.